The minimum absolute atomic E-state index is 0.0303. The molecule has 2 atom stereocenters. The number of carbonyl (C=O) groups excluding carboxylic acids is 3. The van der Waals surface area contributed by atoms with Gasteiger partial charge in [0.25, 0.3) is 5.91 Å². The highest BCUT2D eigenvalue weighted by Crippen LogP contribution is 2.39. The van der Waals surface area contributed by atoms with Crippen molar-refractivity contribution in [2.24, 2.45) is 0 Å². The van der Waals surface area contributed by atoms with E-state index in [2.05, 4.69) is 5.32 Å². The highest BCUT2D eigenvalue weighted by Gasteiger charge is 2.54. The second-order valence-corrected chi connectivity index (χ2v) is 10.8. The van der Waals surface area contributed by atoms with E-state index in [0.717, 1.165) is 10.4 Å². The Balaban J connectivity index is 1.35. The number of halogens is 1. The summed E-state index contributed by atoms with van der Waals surface area (Å²) in [6.45, 7) is 2.75. The molecule has 198 valence electrons. The second kappa shape index (κ2) is 11.0. The molecule has 1 N–H and O–H groups in total. The third kappa shape index (κ3) is 5.35. The molecule has 2 aliphatic rings. The average molecular weight is 536 g/mol. The average Bonchev–Trinajstić information content (AvgIpc) is 3.57. The molecule has 7 nitrogen and oxygen atoms in total. The number of nitrogens with zero attached hydrogens (tertiary/aromatic N) is 2. The minimum Gasteiger partial charge on any atom is -0.353 e. The molecule has 0 aliphatic carbocycles. The van der Waals surface area contributed by atoms with E-state index >= 15 is 0 Å². The standard InChI is InChI=1S/C29H30FN3O4S/c1-20(21-6-3-2-4-7-21)31-27(35)25-19-37-29(33(25)28(36)22-9-11-23(30)12-10-22)13-15-32(16-14-29)26(34)18-24-8-5-17-38-24/h2-12,17,20,25H,13-16,18-19H2,1H3,(H,31,35). The molecule has 2 saturated heterocycles. The van der Waals surface area contributed by atoms with Crippen LogP contribution >= 0.6 is 11.3 Å². The van der Waals surface area contributed by atoms with Gasteiger partial charge in [-0.3, -0.25) is 19.3 Å². The Kier molecular flexibility index (Phi) is 7.58. The zero-order valence-corrected chi connectivity index (χ0v) is 22.0. The molecule has 9 heteroatoms. The number of nitrogens with one attached hydrogen (secondary N) is 1. The Labute approximate surface area is 225 Å². The SMILES string of the molecule is CC(NC(=O)C1COC2(CCN(C(=O)Cc3cccs3)CC2)N1C(=O)c1ccc(F)cc1)c1ccccc1. The van der Waals surface area contributed by atoms with Gasteiger partial charge in [0, 0.05) is 36.4 Å². The molecule has 0 bridgehead atoms. The van der Waals surface area contributed by atoms with Crippen LogP contribution in [-0.2, 0) is 20.7 Å². The fourth-order valence-corrected chi connectivity index (χ4v) is 5.91. The molecule has 0 saturated carbocycles. The predicted octanol–water partition coefficient (Wildman–Crippen LogP) is 4.17. The molecule has 1 aromatic heterocycles. The van der Waals surface area contributed by atoms with Gasteiger partial charge in [-0.2, -0.15) is 0 Å². The van der Waals surface area contributed by atoms with Gasteiger partial charge in [-0.15, -0.1) is 11.3 Å². The summed E-state index contributed by atoms with van der Waals surface area (Å²) in [5, 5.41) is 4.97. The zero-order chi connectivity index (χ0) is 26.7. The summed E-state index contributed by atoms with van der Waals surface area (Å²) >= 11 is 1.55. The van der Waals surface area contributed by atoms with E-state index in [0.29, 0.717) is 32.4 Å². The van der Waals surface area contributed by atoms with Gasteiger partial charge in [-0.1, -0.05) is 36.4 Å². The van der Waals surface area contributed by atoms with Crippen LogP contribution in [-0.4, -0.2) is 59.0 Å². The maximum absolute atomic E-state index is 13.8. The molecule has 38 heavy (non-hydrogen) atoms. The van der Waals surface area contributed by atoms with Crippen molar-refractivity contribution in [3.05, 3.63) is 93.9 Å². The van der Waals surface area contributed by atoms with Crippen LogP contribution in [0, 0.1) is 5.82 Å². The van der Waals surface area contributed by atoms with Crippen LogP contribution in [0.25, 0.3) is 0 Å². The van der Waals surface area contributed by atoms with Gasteiger partial charge in [0.05, 0.1) is 19.1 Å². The summed E-state index contributed by atoms with van der Waals surface area (Å²) in [6.07, 6.45) is 1.11. The lowest BCUT2D eigenvalue weighted by molar-refractivity contribution is -0.143. The van der Waals surface area contributed by atoms with E-state index in [1.165, 1.54) is 29.2 Å². The molecular weight excluding hydrogens is 505 g/mol. The summed E-state index contributed by atoms with van der Waals surface area (Å²) in [5.74, 6) is -1.13. The van der Waals surface area contributed by atoms with Gasteiger partial charge < -0.3 is 15.0 Å². The third-order valence-corrected chi connectivity index (χ3v) is 8.21. The van der Waals surface area contributed by atoms with E-state index in [9.17, 15) is 18.8 Å². The Morgan fingerprint density at radius 1 is 1.05 bits per heavy atom. The van der Waals surface area contributed by atoms with Crippen LogP contribution in [0.4, 0.5) is 4.39 Å². The van der Waals surface area contributed by atoms with Crippen molar-refractivity contribution < 1.29 is 23.5 Å². The predicted molar refractivity (Wildman–Crippen MR) is 142 cm³/mol. The van der Waals surface area contributed by atoms with Crippen molar-refractivity contribution in [1.29, 1.82) is 0 Å². The minimum atomic E-state index is -1.02. The van der Waals surface area contributed by atoms with Crippen LogP contribution < -0.4 is 5.32 Å². The van der Waals surface area contributed by atoms with E-state index in [1.807, 2.05) is 54.8 Å². The Morgan fingerprint density at radius 2 is 1.76 bits per heavy atom. The van der Waals surface area contributed by atoms with Gasteiger partial charge in [0.1, 0.15) is 17.6 Å². The highest BCUT2D eigenvalue weighted by atomic mass is 32.1. The topological polar surface area (TPSA) is 79.0 Å². The quantitative estimate of drug-likeness (QED) is 0.514. The van der Waals surface area contributed by atoms with Crippen molar-refractivity contribution in [2.45, 2.75) is 44.0 Å². The number of rotatable bonds is 6. The normalized spacial score (nSPS) is 19.4. The van der Waals surface area contributed by atoms with Crippen molar-refractivity contribution >= 4 is 29.1 Å². The van der Waals surface area contributed by atoms with Gasteiger partial charge in [0.2, 0.25) is 11.8 Å². The van der Waals surface area contributed by atoms with Crippen molar-refractivity contribution in [3.8, 4) is 0 Å². The molecule has 5 rings (SSSR count). The summed E-state index contributed by atoms with van der Waals surface area (Å²) in [7, 11) is 0. The first-order valence-corrected chi connectivity index (χ1v) is 13.6. The van der Waals surface area contributed by atoms with Crippen LogP contribution in [0.5, 0.6) is 0 Å². The molecular formula is C29H30FN3O4S. The highest BCUT2D eigenvalue weighted by molar-refractivity contribution is 7.10. The molecule has 2 aromatic carbocycles. The summed E-state index contributed by atoms with van der Waals surface area (Å²) in [5.41, 5.74) is 0.202. The van der Waals surface area contributed by atoms with Crippen LogP contribution in [0.2, 0.25) is 0 Å². The number of ether oxygens (including phenoxy) is 1. The first-order valence-electron chi connectivity index (χ1n) is 12.7. The Hall–Kier alpha value is -3.56. The smallest absolute Gasteiger partial charge is 0.256 e. The van der Waals surface area contributed by atoms with E-state index < -0.39 is 23.5 Å². The van der Waals surface area contributed by atoms with E-state index in [4.69, 9.17) is 4.74 Å². The summed E-state index contributed by atoms with van der Waals surface area (Å²) in [6, 6.07) is 17.6. The monoisotopic (exact) mass is 535 g/mol. The maximum atomic E-state index is 13.8. The zero-order valence-electron chi connectivity index (χ0n) is 21.1. The molecule has 2 fully saturated rings. The number of amides is 3. The van der Waals surface area contributed by atoms with Gasteiger partial charge in [0.15, 0.2) is 0 Å². The first kappa shape index (κ1) is 26.1. The first-order chi connectivity index (χ1) is 18.4. The molecule has 2 aliphatic heterocycles. The van der Waals surface area contributed by atoms with E-state index in [-0.39, 0.29) is 30.0 Å². The molecule has 3 amide bonds. The number of benzene rings is 2. The molecule has 2 unspecified atom stereocenters. The second-order valence-electron chi connectivity index (χ2n) is 9.73. The number of thiophene rings is 1. The Bertz CT molecular complexity index is 1270. The third-order valence-electron chi connectivity index (χ3n) is 7.33. The molecule has 0 radical (unpaired) electrons. The van der Waals surface area contributed by atoms with Crippen molar-refractivity contribution in [2.75, 3.05) is 19.7 Å². The number of likely N-dealkylation sites (tertiary alicyclic amines) is 1. The number of carbonyl (C=O) groups is 3. The van der Waals surface area contributed by atoms with Crippen LogP contribution in [0.1, 0.15) is 46.6 Å². The van der Waals surface area contributed by atoms with E-state index in [1.54, 1.807) is 16.2 Å². The van der Waals surface area contributed by atoms with Gasteiger partial charge in [-0.25, -0.2) is 4.39 Å². The van der Waals surface area contributed by atoms with Gasteiger partial charge >= 0.3 is 0 Å². The van der Waals surface area contributed by atoms with Crippen molar-refractivity contribution in [3.63, 3.8) is 0 Å². The Morgan fingerprint density at radius 3 is 2.42 bits per heavy atom. The lowest BCUT2D eigenvalue weighted by Crippen LogP contribution is -2.60. The summed E-state index contributed by atoms with van der Waals surface area (Å²) < 4.78 is 19.8. The molecule has 3 aromatic rings. The fraction of sp³-hybridized carbons (Fsp3) is 0.345. The van der Waals surface area contributed by atoms with Gasteiger partial charge in [-0.05, 0) is 48.2 Å². The van der Waals surface area contributed by atoms with Crippen LogP contribution in [0.15, 0.2) is 72.1 Å². The van der Waals surface area contributed by atoms with Crippen LogP contribution in [0.3, 0.4) is 0 Å². The lowest BCUT2D eigenvalue weighted by Gasteiger charge is -2.44. The fourth-order valence-electron chi connectivity index (χ4n) is 5.21. The number of hydrogen-bond acceptors (Lipinski definition) is 5. The lowest BCUT2D eigenvalue weighted by atomic mass is 9.96. The number of hydrogen-bond donors (Lipinski definition) is 1. The molecule has 1 spiro atoms. The van der Waals surface area contributed by atoms with Crippen molar-refractivity contribution in [1.82, 2.24) is 15.1 Å². The number of piperidine rings is 1. The largest absolute Gasteiger partial charge is 0.353 e. The summed E-state index contributed by atoms with van der Waals surface area (Å²) in [4.78, 5) is 44.5. The molecule has 3 heterocycles. The maximum Gasteiger partial charge on any atom is 0.256 e.